The van der Waals surface area contributed by atoms with E-state index in [-0.39, 0.29) is 5.91 Å². The van der Waals surface area contributed by atoms with Gasteiger partial charge >= 0.3 is 5.97 Å². The van der Waals surface area contributed by atoms with E-state index < -0.39 is 12.1 Å². The molecule has 2 aromatic carbocycles. The monoisotopic (exact) mass is 351 g/mol. The molecule has 0 saturated carbocycles. The van der Waals surface area contributed by atoms with Crippen LogP contribution in [0.4, 0.5) is 0 Å². The summed E-state index contributed by atoms with van der Waals surface area (Å²) in [5.41, 5.74) is 2.14. The number of rotatable bonds is 5. The molecule has 0 fully saturated rings. The van der Waals surface area contributed by atoms with E-state index >= 15 is 0 Å². The van der Waals surface area contributed by atoms with Crippen LogP contribution in [0.25, 0.3) is 10.9 Å². The van der Waals surface area contributed by atoms with Crippen LogP contribution in [0.15, 0.2) is 54.7 Å². The second-order valence-corrected chi connectivity index (χ2v) is 6.09. The molecule has 0 N–H and O–H groups in total. The maximum atomic E-state index is 13.1. The van der Waals surface area contributed by atoms with E-state index in [1.807, 2.05) is 50.2 Å². The first kappa shape index (κ1) is 17.7. The Morgan fingerprint density at radius 3 is 2.42 bits per heavy atom. The molecule has 0 saturated heterocycles. The van der Waals surface area contributed by atoms with Gasteiger partial charge in [0, 0.05) is 11.6 Å². The van der Waals surface area contributed by atoms with Crippen LogP contribution in [-0.4, -0.2) is 29.7 Å². The SMILES string of the molecule is CC[C@@H](Oc1ccc(C)cc1)C(=O)n1cc(C(=O)OC)c2ccccc21. The van der Waals surface area contributed by atoms with Crippen molar-refractivity contribution in [3.8, 4) is 5.75 Å². The number of carbonyl (C=O) groups is 2. The van der Waals surface area contributed by atoms with Crippen LogP contribution in [0.1, 0.15) is 34.1 Å². The van der Waals surface area contributed by atoms with Crippen molar-refractivity contribution < 1.29 is 19.1 Å². The van der Waals surface area contributed by atoms with Gasteiger partial charge in [0.1, 0.15) is 5.75 Å². The number of methoxy groups -OCH3 is 1. The molecule has 5 heteroatoms. The van der Waals surface area contributed by atoms with Gasteiger partial charge in [0.15, 0.2) is 6.10 Å². The Morgan fingerprint density at radius 2 is 1.77 bits per heavy atom. The summed E-state index contributed by atoms with van der Waals surface area (Å²) in [5, 5.41) is 0.679. The summed E-state index contributed by atoms with van der Waals surface area (Å²) < 4.78 is 12.2. The van der Waals surface area contributed by atoms with Crippen molar-refractivity contribution in [1.29, 1.82) is 0 Å². The molecule has 134 valence electrons. The van der Waals surface area contributed by atoms with Gasteiger partial charge in [0.2, 0.25) is 0 Å². The van der Waals surface area contributed by atoms with E-state index in [2.05, 4.69) is 0 Å². The van der Waals surface area contributed by atoms with Crippen molar-refractivity contribution in [3.63, 3.8) is 0 Å². The number of hydrogen-bond donors (Lipinski definition) is 0. The van der Waals surface area contributed by atoms with Crippen LogP contribution in [0.2, 0.25) is 0 Å². The lowest BCUT2D eigenvalue weighted by atomic mass is 10.2. The highest BCUT2D eigenvalue weighted by atomic mass is 16.5. The van der Waals surface area contributed by atoms with Crippen LogP contribution in [0.3, 0.4) is 0 Å². The zero-order valence-electron chi connectivity index (χ0n) is 15.1. The average molecular weight is 351 g/mol. The van der Waals surface area contributed by atoms with Crippen molar-refractivity contribution in [2.45, 2.75) is 26.4 Å². The first-order chi connectivity index (χ1) is 12.5. The van der Waals surface area contributed by atoms with Gasteiger partial charge < -0.3 is 9.47 Å². The van der Waals surface area contributed by atoms with Crippen molar-refractivity contribution in [2.75, 3.05) is 7.11 Å². The number of hydrogen-bond acceptors (Lipinski definition) is 4. The van der Waals surface area contributed by atoms with Gasteiger partial charge in [-0.1, -0.05) is 42.8 Å². The lowest BCUT2D eigenvalue weighted by Crippen LogP contribution is -2.31. The Kier molecular flexibility index (Phi) is 5.07. The number of nitrogens with zero attached hydrogens (tertiary/aromatic N) is 1. The van der Waals surface area contributed by atoms with Crippen LogP contribution >= 0.6 is 0 Å². The summed E-state index contributed by atoms with van der Waals surface area (Å²) in [5.74, 6) is -0.0554. The number of para-hydroxylation sites is 1. The molecular formula is C21H21NO4. The molecule has 1 heterocycles. The number of ether oxygens (including phenoxy) is 2. The van der Waals surface area contributed by atoms with E-state index in [0.717, 1.165) is 5.56 Å². The van der Waals surface area contributed by atoms with Gasteiger partial charge in [-0.15, -0.1) is 0 Å². The highest BCUT2D eigenvalue weighted by Gasteiger charge is 2.25. The Labute approximate surface area is 152 Å². The first-order valence-electron chi connectivity index (χ1n) is 8.51. The first-order valence-corrected chi connectivity index (χ1v) is 8.51. The molecule has 0 radical (unpaired) electrons. The van der Waals surface area contributed by atoms with E-state index in [0.29, 0.717) is 28.6 Å². The highest BCUT2D eigenvalue weighted by molar-refractivity contribution is 6.07. The number of carbonyl (C=O) groups excluding carboxylic acids is 2. The standard InChI is InChI=1S/C21H21NO4/c1-4-19(26-15-11-9-14(2)10-12-15)20(23)22-13-17(21(24)25-3)16-7-5-6-8-18(16)22/h5-13,19H,4H2,1-3H3/t19-/m1/s1. The molecule has 26 heavy (non-hydrogen) atoms. The van der Waals surface area contributed by atoms with Crippen molar-refractivity contribution >= 4 is 22.8 Å². The number of aryl methyl sites for hydroxylation is 1. The maximum Gasteiger partial charge on any atom is 0.340 e. The summed E-state index contributed by atoms with van der Waals surface area (Å²) in [6.07, 6.45) is 1.38. The molecule has 5 nitrogen and oxygen atoms in total. The maximum absolute atomic E-state index is 13.1. The second-order valence-electron chi connectivity index (χ2n) is 6.09. The normalized spacial score (nSPS) is 12.0. The molecule has 0 aliphatic heterocycles. The fraction of sp³-hybridized carbons (Fsp3) is 0.238. The van der Waals surface area contributed by atoms with E-state index in [1.165, 1.54) is 17.9 Å². The fourth-order valence-corrected chi connectivity index (χ4v) is 2.88. The molecule has 0 aliphatic rings. The summed E-state index contributed by atoms with van der Waals surface area (Å²) in [6.45, 7) is 3.89. The van der Waals surface area contributed by atoms with Crippen LogP contribution < -0.4 is 4.74 Å². The van der Waals surface area contributed by atoms with Crippen molar-refractivity contribution in [3.05, 3.63) is 65.9 Å². The molecule has 0 unspecified atom stereocenters. The predicted molar refractivity (Wildman–Crippen MR) is 99.8 cm³/mol. The van der Waals surface area contributed by atoms with Gasteiger partial charge in [-0.2, -0.15) is 0 Å². The summed E-state index contributed by atoms with van der Waals surface area (Å²) in [7, 11) is 1.33. The molecule has 3 rings (SSSR count). The van der Waals surface area contributed by atoms with Gasteiger partial charge in [-0.25, -0.2) is 4.79 Å². The summed E-state index contributed by atoms with van der Waals surface area (Å²) in [6, 6.07) is 14.8. The van der Waals surface area contributed by atoms with Crippen LogP contribution in [0.5, 0.6) is 5.75 Å². The molecule has 1 atom stereocenters. The Bertz CT molecular complexity index is 940. The van der Waals surface area contributed by atoms with E-state index in [1.54, 1.807) is 12.1 Å². The van der Waals surface area contributed by atoms with E-state index in [9.17, 15) is 9.59 Å². The zero-order chi connectivity index (χ0) is 18.7. The zero-order valence-corrected chi connectivity index (χ0v) is 15.1. The van der Waals surface area contributed by atoms with Gasteiger partial charge in [0.05, 0.1) is 18.2 Å². The minimum Gasteiger partial charge on any atom is -0.481 e. The Balaban J connectivity index is 1.97. The third-order valence-electron chi connectivity index (χ3n) is 4.30. The number of aromatic nitrogens is 1. The number of benzene rings is 2. The second kappa shape index (κ2) is 7.44. The van der Waals surface area contributed by atoms with Gasteiger partial charge in [0.25, 0.3) is 5.91 Å². The third kappa shape index (κ3) is 3.33. The Morgan fingerprint density at radius 1 is 1.08 bits per heavy atom. The number of fused-ring (bicyclic) bond motifs is 1. The molecule has 1 aromatic heterocycles. The van der Waals surface area contributed by atoms with Gasteiger partial charge in [-0.3, -0.25) is 9.36 Å². The minimum atomic E-state index is -0.654. The molecule has 0 aliphatic carbocycles. The van der Waals surface area contributed by atoms with Crippen LogP contribution in [-0.2, 0) is 4.74 Å². The molecule has 0 amide bonds. The average Bonchev–Trinajstić information content (AvgIpc) is 3.06. The summed E-state index contributed by atoms with van der Waals surface area (Å²) in [4.78, 5) is 25.1. The number of esters is 1. The van der Waals surface area contributed by atoms with Crippen molar-refractivity contribution in [1.82, 2.24) is 4.57 Å². The smallest absolute Gasteiger partial charge is 0.340 e. The quantitative estimate of drug-likeness (QED) is 0.645. The molecule has 0 spiro atoms. The highest BCUT2D eigenvalue weighted by Crippen LogP contribution is 2.24. The molecular weight excluding hydrogens is 330 g/mol. The predicted octanol–water partition coefficient (Wildman–Crippen LogP) is 4.23. The third-order valence-corrected chi connectivity index (χ3v) is 4.30. The van der Waals surface area contributed by atoms with Crippen LogP contribution in [0, 0.1) is 6.92 Å². The largest absolute Gasteiger partial charge is 0.481 e. The van der Waals surface area contributed by atoms with E-state index in [4.69, 9.17) is 9.47 Å². The lowest BCUT2D eigenvalue weighted by Gasteiger charge is -2.17. The minimum absolute atomic E-state index is 0.223. The van der Waals surface area contributed by atoms with Crippen molar-refractivity contribution in [2.24, 2.45) is 0 Å². The molecule has 0 bridgehead atoms. The summed E-state index contributed by atoms with van der Waals surface area (Å²) >= 11 is 0. The topological polar surface area (TPSA) is 57.5 Å². The Hall–Kier alpha value is -3.08. The lowest BCUT2D eigenvalue weighted by molar-refractivity contribution is 0.0602. The molecule has 3 aromatic rings. The van der Waals surface area contributed by atoms with Gasteiger partial charge in [-0.05, 0) is 31.5 Å². The fourth-order valence-electron chi connectivity index (χ4n) is 2.88.